The molecule has 0 bridgehead atoms. The number of rotatable bonds is 3. The molecule has 0 aliphatic rings. The van der Waals surface area contributed by atoms with Crippen molar-refractivity contribution in [2.24, 2.45) is 0 Å². The Bertz CT molecular complexity index is 3520. The Kier molecular flexibility index (Phi) is 6.21. The molecule has 0 saturated carbocycles. The maximum Gasteiger partial charge on any atom is 0.235 e. The van der Waals surface area contributed by atoms with Crippen molar-refractivity contribution in [2.45, 2.75) is 0 Å². The summed E-state index contributed by atoms with van der Waals surface area (Å²) in [6.07, 6.45) is 0. The minimum atomic E-state index is 0.666. The lowest BCUT2D eigenvalue weighted by molar-refractivity contribution is 1.01. The van der Waals surface area contributed by atoms with Crippen LogP contribution in [-0.2, 0) is 0 Å². The van der Waals surface area contributed by atoms with Gasteiger partial charge in [-0.1, -0.05) is 140 Å². The zero-order valence-corrected chi connectivity index (χ0v) is 29.8. The molecule has 0 aliphatic heterocycles. The van der Waals surface area contributed by atoms with Gasteiger partial charge in [0.15, 0.2) is 0 Å². The van der Waals surface area contributed by atoms with Crippen LogP contribution in [0.25, 0.3) is 114 Å². The molecular weight excluding hydrogens is 675 g/mol. The summed E-state index contributed by atoms with van der Waals surface area (Å²) in [5, 5.41) is 13.5. The fraction of sp³-hybridized carbons (Fsp3) is 0. The molecule has 0 saturated heterocycles. The number of fused-ring (bicyclic) bond motifs is 12. The number of thiophene rings is 1. The fourth-order valence-electron chi connectivity index (χ4n) is 8.81. The number of para-hydroxylation sites is 2. The third-order valence-electron chi connectivity index (χ3n) is 11.2. The van der Waals surface area contributed by atoms with E-state index in [1.165, 1.54) is 74.4 Å². The van der Waals surface area contributed by atoms with E-state index in [-0.39, 0.29) is 0 Å². The Morgan fingerprint density at radius 2 is 1.06 bits per heavy atom. The summed E-state index contributed by atoms with van der Waals surface area (Å²) in [6, 6.07) is 63.6. The predicted molar refractivity (Wildman–Crippen MR) is 230 cm³/mol. The highest BCUT2D eigenvalue weighted by Gasteiger charge is 2.20. The number of nitrogens with zero attached hydrogens (tertiary/aromatic N) is 3. The monoisotopic (exact) mass is 703 g/mol. The van der Waals surface area contributed by atoms with Crippen molar-refractivity contribution >= 4 is 96.5 Å². The molecule has 3 nitrogen and oxygen atoms in total. The standard InChI is InChI=1S/C50H29N3S/c1-2-12-31-29-32(24-23-30(31)11-1)49-39-13-3-6-20-42(39)51-50(52-49)53-43-21-7-4-14-40(43)47-37-18-9-16-33(35(37)25-27-44(47)53)34-17-10-19-38-36(34)26-28-46-48(38)41-15-5-8-22-45(41)54-46/h1-29H. The predicted octanol–water partition coefficient (Wildman–Crippen LogP) is 13.9. The second-order valence-electron chi connectivity index (χ2n) is 14.1. The second-order valence-corrected chi connectivity index (χ2v) is 15.2. The summed E-state index contributed by atoms with van der Waals surface area (Å²) < 4.78 is 4.91. The van der Waals surface area contributed by atoms with Gasteiger partial charge >= 0.3 is 0 Å². The number of aromatic nitrogens is 3. The average molecular weight is 704 g/mol. The molecule has 0 radical (unpaired) electrons. The fourth-order valence-corrected chi connectivity index (χ4v) is 9.93. The van der Waals surface area contributed by atoms with E-state index in [0.29, 0.717) is 5.95 Å². The number of benzene rings is 9. The van der Waals surface area contributed by atoms with Gasteiger partial charge in [0.25, 0.3) is 0 Å². The first-order valence-corrected chi connectivity index (χ1v) is 19.1. The summed E-state index contributed by atoms with van der Waals surface area (Å²) in [6.45, 7) is 0. The molecule has 0 amide bonds. The quantitative estimate of drug-likeness (QED) is 0.183. The van der Waals surface area contributed by atoms with Crippen molar-refractivity contribution in [1.29, 1.82) is 0 Å². The lowest BCUT2D eigenvalue weighted by Crippen LogP contribution is -2.03. The Morgan fingerprint density at radius 1 is 0.389 bits per heavy atom. The minimum absolute atomic E-state index is 0.666. The maximum atomic E-state index is 5.39. The third kappa shape index (κ3) is 4.23. The van der Waals surface area contributed by atoms with E-state index in [0.717, 1.165) is 33.2 Å². The van der Waals surface area contributed by atoms with Gasteiger partial charge < -0.3 is 0 Å². The van der Waals surface area contributed by atoms with Crippen LogP contribution >= 0.6 is 11.3 Å². The molecule has 12 aromatic rings. The van der Waals surface area contributed by atoms with Crippen LogP contribution in [0, 0.1) is 0 Å². The molecule has 0 spiro atoms. The molecule has 0 fully saturated rings. The first-order chi connectivity index (χ1) is 26.8. The van der Waals surface area contributed by atoms with Crippen molar-refractivity contribution in [3.8, 4) is 28.3 Å². The average Bonchev–Trinajstić information content (AvgIpc) is 3.79. The van der Waals surface area contributed by atoms with Gasteiger partial charge in [-0.05, 0) is 79.8 Å². The molecule has 0 unspecified atom stereocenters. The van der Waals surface area contributed by atoms with Gasteiger partial charge in [0.2, 0.25) is 5.95 Å². The third-order valence-corrected chi connectivity index (χ3v) is 12.3. The van der Waals surface area contributed by atoms with Gasteiger partial charge in [-0.2, -0.15) is 0 Å². The number of hydrogen-bond donors (Lipinski definition) is 0. The van der Waals surface area contributed by atoms with E-state index in [1.807, 2.05) is 11.3 Å². The van der Waals surface area contributed by atoms with E-state index in [1.54, 1.807) is 0 Å². The zero-order valence-electron chi connectivity index (χ0n) is 29.0. The molecule has 9 aromatic carbocycles. The largest absolute Gasteiger partial charge is 0.278 e. The summed E-state index contributed by atoms with van der Waals surface area (Å²) >= 11 is 1.87. The van der Waals surface area contributed by atoms with Crippen LogP contribution in [0.5, 0.6) is 0 Å². The first-order valence-electron chi connectivity index (χ1n) is 18.3. The topological polar surface area (TPSA) is 30.7 Å². The molecule has 54 heavy (non-hydrogen) atoms. The lowest BCUT2D eigenvalue weighted by Gasteiger charge is -2.13. The maximum absolute atomic E-state index is 5.39. The molecule has 4 heteroatoms. The van der Waals surface area contributed by atoms with Crippen LogP contribution in [-0.4, -0.2) is 14.5 Å². The van der Waals surface area contributed by atoms with Crippen molar-refractivity contribution < 1.29 is 0 Å². The van der Waals surface area contributed by atoms with Gasteiger partial charge in [0, 0.05) is 41.9 Å². The first kappa shape index (κ1) is 29.7. The van der Waals surface area contributed by atoms with Gasteiger partial charge in [-0.3, -0.25) is 4.57 Å². The SMILES string of the molecule is c1ccc2cc(-c3nc(-n4c5ccccc5c5c6cccc(-c7cccc8c7ccc7sc9ccccc9c78)c6ccc54)nc4ccccc34)ccc2c1. The second kappa shape index (κ2) is 11.3. The Hall–Kier alpha value is -6.88. The summed E-state index contributed by atoms with van der Waals surface area (Å²) in [5.74, 6) is 0.666. The lowest BCUT2D eigenvalue weighted by atomic mass is 9.91. The van der Waals surface area contributed by atoms with E-state index in [2.05, 4.69) is 180 Å². The molecule has 3 heterocycles. The molecule has 0 atom stereocenters. The molecule has 0 aliphatic carbocycles. The zero-order chi connectivity index (χ0) is 35.3. The van der Waals surface area contributed by atoms with Crippen molar-refractivity contribution in [3.63, 3.8) is 0 Å². The van der Waals surface area contributed by atoms with E-state index >= 15 is 0 Å². The Morgan fingerprint density at radius 3 is 1.91 bits per heavy atom. The summed E-state index contributed by atoms with van der Waals surface area (Å²) in [4.78, 5) is 10.6. The van der Waals surface area contributed by atoms with Crippen LogP contribution in [0.15, 0.2) is 176 Å². The van der Waals surface area contributed by atoms with Crippen LogP contribution in [0.4, 0.5) is 0 Å². The molecule has 12 rings (SSSR count). The molecule has 3 aromatic heterocycles. The van der Waals surface area contributed by atoms with Crippen LogP contribution in [0.2, 0.25) is 0 Å². The van der Waals surface area contributed by atoms with Gasteiger partial charge in [-0.25, -0.2) is 9.97 Å². The highest BCUT2D eigenvalue weighted by Crippen LogP contribution is 2.44. The van der Waals surface area contributed by atoms with Crippen molar-refractivity contribution in [3.05, 3.63) is 176 Å². The highest BCUT2D eigenvalue weighted by molar-refractivity contribution is 7.26. The normalized spacial score (nSPS) is 12.1. The van der Waals surface area contributed by atoms with Crippen LogP contribution < -0.4 is 0 Å². The summed E-state index contributed by atoms with van der Waals surface area (Å²) in [7, 11) is 0. The van der Waals surface area contributed by atoms with Crippen molar-refractivity contribution in [2.75, 3.05) is 0 Å². The number of hydrogen-bond acceptors (Lipinski definition) is 3. The molecular formula is C50H29N3S. The highest BCUT2D eigenvalue weighted by atomic mass is 32.1. The minimum Gasteiger partial charge on any atom is -0.278 e. The van der Waals surface area contributed by atoms with Crippen molar-refractivity contribution in [1.82, 2.24) is 14.5 Å². The van der Waals surface area contributed by atoms with Crippen LogP contribution in [0.1, 0.15) is 0 Å². The van der Waals surface area contributed by atoms with E-state index < -0.39 is 0 Å². The Balaban J connectivity index is 1.11. The summed E-state index contributed by atoms with van der Waals surface area (Å²) in [5.41, 5.74) is 7.58. The van der Waals surface area contributed by atoms with Gasteiger partial charge in [0.05, 0.1) is 22.2 Å². The van der Waals surface area contributed by atoms with E-state index in [9.17, 15) is 0 Å². The smallest absolute Gasteiger partial charge is 0.235 e. The molecule has 250 valence electrons. The molecule has 0 N–H and O–H groups in total. The Labute approximate surface area is 314 Å². The van der Waals surface area contributed by atoms with Crippen LogP contribution in [0.3, 0.4) is 0 Å². The van der Waals surface area contributed by atoms with Gasteiger partial charge in [-0.15, -0.1) is 11.3 Å². The van der Waals surface area contributed by atoms with E-state index in [4.69, 9.17) is 9.97 Å². The van der Waals surface area contributed by atoms with Gasteiger partial charge in [0.1, 0.15) is 0 Å².